The Morgan fingerprint density at radius 2 is 2.25 bits per heavy atom. The van der Waals surface area contributed by atoms with E-state index in [9.17, 15) is 0 Å². The minimum Gasteiger partial charge on any atom is -0.468 e. The highest BCUT2D eigenvalue weighted by atomic mass is 35.5. The number of ether oxygens (including phenoxy) is 1. The van der Waals surface area contributed by atoms with Crippen LogP contribution in [-0.4, -0.2) is 19.7 Å². The van der Waals surface area contributed by atoms with Gasteiger partial charge in [0.25, 0.3) is 0 Å². The molecule has 8 heteroatoms. The van der Waals surface area contributed by atoms with Crippen LogP contribution in [0.15, 0.2) is 42.6 Å². The Morgan fingerprint density at radius 1 is 1.50 bits per heavy atom. The second-order valence-corrected chi connectivity index (χ2v) is 5.49. The van der Waals surface area contributed by atoms with E-state index in [4.69, 9.17) is 33.2 Å². The zero-order chi connectivity index (χ0) is 17.7. The van der Waals surface area contributed by atoms with Crippen molar-refractivity contribution in [1.82, 2.24) is 19.7 Å². The van der Waals surface area contributed by atoms with Gasteiger partial charge in [-0.05, 0) is 6.07 Å². The number of hydrogen-bond donors (Lipinski definition) is 0. The molecular formula is C16H13Cl2N5O. The van der Waals surface area contributed by atoms with Crippen molar-refractivity contribution >= 4 is 28.8 Å². The standard InChI is InChI=1S/C16H13Cl2N5O/c1-4-5-12(10(2)17)15-22-21-14(23(15)3)9-24-16-13(18)6-11(7-19)8-20-16/h4-6,8H,1-2,9H2,3H3/b12-5+. The van der Waals surface area contributed by atoms with Gasteiger partial charge in [-0.25, -0.2) is 4.98 Å². The van der Waals surface area contributed by atoms with Crippen LogP contribution in [0, 0.1) is 11.3 Å². The molecule has 0 aliphatic rings. The number of nitrogens with zero attached hydrogens (tertiary/aromatic N) is 5. The summed E-state index contributed by atoms with van der Waals surface area (Å²) in [6.07, 6.45) is 4.67. The predicted octanol–water partition coefficient (Wildman–Crippen LogP) is 3.64. The van der Waals surface area contributed by atoms with Gasteiger partial charge in [-0.15, -0.1) is 10.2 Å². The maximum Gasteiger partial charge on any atom is 0.233 e. The summed E-state index contributed by atoms with van der Waals surface area (Å²) in [4.78, 5) is 4.00. The molecule has 0 spiro atoms. The smallest absolute Gasteiger partial charge is 0.233 e. The van der Waals surface area contributed by atoms with Crippen LogP contribution in [0.25, 0.3) is 5.57 Å². The molecule has 122 valence electrons. The van der Waals surface area contributed by atoms with Gasteiger partial charge in [-0.3, -0.25) is 0 Å². The van der Waals surface area contributed by atoms with Gasteiger partial charge in [0.1, 0.15) is 17.7 Å². The molecule has 0 atom stereocenters. The maximum absolute atomic E-state index is 8.80. The molecule has 2 aromatic heterocycles. The molecule has 0 unspecified atom stereocenters. The van der Waals surface area contributed by atoms with Crippen LogP contribution in [0.2, 0.25) is 5.02 Å². The average Bonchev–Trinajstić information content (AvgIpc) is 2.91. The molecule has 0 N–H and O–H groups in total. The van der Waals surface area contributed by atoms with E-state index in [-0.39, 0.29) is 17.5 Å². The molecule has 0 radical (unpaired) electrons. The molecule has 2 rings (SSSR count). The zero-order valence-corrected chi connectivity index (χ0v) is 14.3. The maximum atomic E-state index is 8.80. The molecule has 2 heterocycles. The van der Waals surface area contributed by atoms with E-state index in [1.165, 1.54) is 12.3 Å². The van der Waals surface area contributed by atoms with Gasteiger partial charge in [0, 0.05) is 23.8 Å². The molecule has 0 aliphatic carbocycles. The first-order valence-electron chi connectivity index (χ1n) is 6.72. The van der Waals surface area contributed by atoms with Crippen molar-refractivity contribution < 1.29 is 4.74 Å². The van der Waals surface area contributed by atoms with Crippen molar-refractivity contribution in [3.63, 3.8) is 0 Å². The summed E-state index contributed by atoms with van der Waals surface area (Å²) in [6.45, 7) is 7.44. The Kier molecular flexibility index (Phi) is 5.74. The van der Waals surface area contributed by atoms with Gasteiger partial charge in [-0.1, -0.05) is 48.5 Å². The Hall–Kier alpha value is -2.62. The van der Waals surface area contributed by atoms with Gasteiger partial charge in [0.05, 0.1) is 5.56 Å². The number of aromatic nitrogens is 4. The number of nitriles is 1. The van der Waals surface area contributed by atoms with Crippen LogP contribution >= 0.6 is 23.2 Å². The number of pyridine rings is 1. The summed E-state index contributed by atoms with van der Waals surface area (Å²) in [6, 6.07) is 3.43. The summed E-state index contributed by atoms with van der Waals surface area (Å²) in [5.74, 6) is 1.29. The van der Waals surface area contributed by atoms with E-state index in [2.05, 4.69) is 28.3 Å². The fraction of sp³-hybridized carbons (Fsp3) is 0.125. The minimum absolute atomic E-state index is 0.0955. The van der Waals surface area contributed by atoms with E-state index in [1.54, 1.807) is 23.8 Å². The zero-order valence-electron chi connectivity index (χ0n) is 12.8. The Balaban J connectivity index is 2.21. The van der Waals surface area contributed by atoms with Gasteiger partial charge in [0.15, 0.2) is 11.6 Å². The summed E-state index contributed by atoms with van der Waals surface area (Å²) in [5.41, 5.74) is 0.968. The van der Waals surface area contributed by atoms with Crippen LogP contribution in [0.5, 0.6) is 5.88 Å². The monoisotopic (exact) mass is 361 g/mol. The van der Waals surface area contributed by atoms with E-state index in [0.29, 0.717) is 27.8 Å². The van der Waals surface area contributed by atoms with Crippen molar-refractivity contribution in [2.45, 2.75) is 6.61 Å². The molecule has 0 fully saturated rings. The lowest BCUT2D eigenvalue weighted by Crippen LogP contribution is -2.07. The van der Waals surface area contributed by atoms with E-state index < -0.39 is 0 Å². The van der Waals surface area contributed by atoms with Crippen molar-refractivity contribution in [3.05, 3.63) is 64.8 Å². The molecule has 0 saturated heterocycles. The van der Waals surface area contributed by atoms with Crippen molar-refractivity contribution in [2.75, 3.05) is 0 Å². The van der Waals surface area contributed by atoms with Crippen molar-refractivity contribution in [3.8, 4) is 11.9 Å². The number of rotatable bonds is 6. The Labute approximate surface area is 149 Å². The van der Waals surface area contributed by atoms with Gasteiger partial charge in [0.2, 0.25) is 5.88 Å². The molecule has 0 aromatic carbocycles. The summed E-state index contributed by atoms with van der Waals surface area (Å²) >= 11 is 12.0. The van der Waals surface area contributed by atoms with Gasteiger partial charge >= 0.3 is 0 Å². The molecule has 0 aliphatic heterocycles. The molecule has 6 nitrogen and oxygen atoms in total. The molecule has 0 amide bonds. The van der Waals surface area contributed by atoms with Crippen LogP contribution in [0.3, 0.4) is 0 Å². The SMILES string of the molecule is C=C/C=C(\C(=C)Cl)c1nnc(COc2ncc(C#N)cc2Cl)n1C. The largest absolute Gasteiger partial charge is 0.468 e. The summed E-state index contributed by atoms with van der Waals surface area (Å²) < 4.78 is 7.27. The van der Waals surface area contributed by atoms with Crippen molar-refractivity contribution in [2.24, 2.45) is 7.05 Å². The van der Waals surface area contributed by atoms with Crippen LogP contribution in [-0.2, 0) is 13.7 Å². The van der Waals surface area contributed by atoms with Gasteiger partial charge < -0.3 is 9.30 Å². The highest BCUT2D eigenvalue weighted by molar-refractivity contribution is 6.36. The minimum atomic E-state index is 0.0955. The van der Waals surface area contributed by atoms with Crippen molar-refractivity contribution in [1.29, 1.82) is 5.26 Å². The summed E-state index contributed by atoms with van der Waals surface area (Å²) in [7, 11) is 1.78. The fourth-order valence-electron chi connectivity index (χ4n) is 1.85. The first kappa shape index (κ1) is 17.7. The Morgan fingerprint density at radius 3 is 2.83 bits per heavy atom. The molecule has 24 heavy (non-hydrogen) atoms. The molecule has 0 bridgehead atoms. The first-order chi connectivity index (χ1) is 11.5. The van der Waals surface area contributed by atoms with Crippen LogP contribution in [0.4, 0.5) is 0 Å². The second-order valence-electron chi connectivity index (χ2n) is 4.63. The van der Waals surface area contributed by atoms with E-state index in [1.807, 2.05) is 6.07 Å². The first-order valence-corrected chi connectivity index (χ1v) is 7.48. The lowest BCUT2D eigenvalue weighted by atomic mass is 10.2. The molecular weight excluding hydrogens is 349 g/mol. The highest BCUT2D eigenvalue weighted by Gasteiger charge is 2.15. The van der Waals surface area contributed by atoms with Crippen LogP contribution in [0.1, 0.15) is 17.2 Å². The quantitative estimate of drug-likeness (QED) is 0.734. The Bertz CT molecular complexity index is 864. The second kappa shape index (κ2) is 7.77. The molecule has 0 saturated carbocycles. The van der Waals surface area contributed by atoms with E-state index in [0.717, 1.165) is 0 Å². The normalized spacial score (nSPS) is 11.0. The predicted molar refractivity (Wildman–Crippen MR) is 92.5 cm³/mol. The van der Waals surface area contributed by atoms with Gasteiger partial charge in [-0.2, -0.15) is 5.26 Å². The highest BCUT2D eigenvalue weighted by Crippen LogP contribution is 2.25. The third-order valence-electron chi connectivity index (χ3n) is 3.06. The topological polar surface area (TPSA) is 76.6 Å². The average molecular weight is 362 g/mol. The summed E-state index contributed by atoms with van der Waals surface area (Å²) in [5, 5.41) is 17.5. The number of hydrogen-bond acceptors (Lipinski definition) is 5. The third kappa shape index (κ3) is 3.82. The number of allylic oxidation sites excluding steroid dienone is 4. The van der Waals surface area contributed by atoms with Crippen LogP contribution < -0.4 is 4.74 Å². The molecule has 2 aromatic rings. The lowest BCUT2D eigenvalue weighted by molar-refractivity contribution is 0.280. The third-order valence-corrected chi connectivity index (χ3v) is 3.53. The fourth-order valence-corrected chi connectivity index (χ4v) is 2.22. The number of halogens is 2. The van der Waals surface area contributed by atoms with E-state index >= 15 is 0 Å². The lowest BCUT2D eigenvalue weighted by Gasteiger charge is -2.08.